The Bertz CT molecular complexity index is 1080. The third-order valence-electron chi connectivity index (χ3n) is 5.48. The molecule has 2 aromatic carbocycles. The van der Waals surface area contributed by atoms with E-state index in [9.17, 15) is 4.39 Å². The molecule has 1 saturated heterocycles. The molecule has 150 valence electrons. The third-order valence-corrected chi connectivity index (χ3v) is 6.56. The topological polar surface area (TPSA) is 48.9 Å². The molecule has 0 aliphatic carbocycles. The molecule has 2 aliphatic heterocycles. The van der Waals surface area contributed by atoms with Crippen LogP contribution in [-0.2, 0) is 4.74 Å². The van der Waals surface area contributed by atoms with E-state index >= 15 is 0 Å². The molecule has 29 heavy (non-hydrogen) atoms. The molecular weight excluding hydrogens is 387 g/mol. The number of nitrogens with zero attached hydrogens (tertiary/aromatic N) is 2. The summed E-state index contributed by atoms with van der Waals surface area (Å²) in [6.07, 6.45) is 0.956. The molecule has 5 nitrogen and oxygen atoms in total. The Morgan fingerprint density at radius 3 is 3.07 bits per heavy atom. The van der Waals surface area contributed by atoms with Gasteiger partial charge in [-0.05, 0) is 30.7 Å². The zero-order valence-electron chi connectivity index (χ0n) is 16.2. The smallest absolute Gasteiger partial charge is 0.140 e. The summed E-state index contributed by atoms with van der Waals surface area (Å²) in [4.78, 5) is 7.40. The molecule has 0 bridgehead atoms. The molecule has 5 rings (SSSR count). The molecule has 2 aliphatic rings. The summed E-state index contributed by atoms with van der Waals surface area (Å²) in [6, 6.07) is 13.5. The number of halogens is 1. The minimum Gasteiger partial charge on any atom is -0.385 e. The summed E-state index contributed by atoms with van der Waals surface area (Å²) in [6.45, 7) is 3.37. The van der Waals surface area contributed by atoms with Crippen molar-refractivity contribution >= 4 is 43.6 Å². The van der Waals surface area contributed by atoms with Crippen molar-refractivity contribution in [2.45, 2.75) is 12.5 Å². The summed E-state index contributed by atoms with van der Waals surface area (Å²) in [5, 5.41) is 9.23. The number of piperazine rings is 1. The number of thiophene rings is 1. The van der Waals surface area contributed by atoms with Crippen molar-refractivity contribution in [1.29, 1.82) is 0 Å². The first-order valence-corrected chi connectivity index (χ1v) is 10.7. The number of hydrogen-bond donors (Lipinski definition) is 2. The molecular formula is C22H23FN4OS. The van der Waals surface area contributed by atoms with E-state index in [1.807, 2.05) is 6.07 Å². The number of aliphatic imine (C=N–C) groups is 1. The van der Waals surface area contributed by atoms with Gasteiger partial charge in [-0.15, -0.1) is 11.3 Å². The second-order valence-corrected chi connectivity index (χ2v) is 8.45. The first kappa shape index (κ1) is 18.5. The number of hydrogen-bond acceptors (Lipinski definition) is 6. The van der Waals surface area contributed by atoms with Crippen LogP contribution in [0.1, 0.15) is 12.0 Å². The Balaban J connectivity index is 1.62. The lowest BCUT2D eigenvalue weighted by molar-refractivity contribution is 0.168. The second kappa shape index (κ2) is 7.74. The van der Waals surface area contributed by atoms with E-state index in [1.54, 1.807) is 24.5 Å². The molecule has 0 saturated carbocycles. The fourth-order valence-electron chi connectivity index (χ4n) is 4.05. The van der Waals surface area contributed by atoms with Crippen molar-refractivity contribution in [3.8, 4) is 0 Å². The van der Waals surface area contributed by atoms with Gasteiger partial charge in [-0.2, -0.15) is 0 Å². The van der Waals surface area contributed by atoms with E-state index in [-0.39, 0.29) is 5.82 Å². The van der Waals surface area contributed by atoms with Crippen LogP contribution in [-0.4, -0.2) is 50.1 Å². The second-order valence-electron chi connectivity index (χ2n) is 7.40. The Labute approximate surface area is 173 Å². The molecule has 1 aromatic heterocycles. The molecule has 2 N–H and O–H groups in total. The summed E-state index contributed by atoms with van der Waals surface area (Å²) in [5.74, 6) is 0.693. The van der Waals surface area contributed by atoms with Gasteiger partial charge >= 0.3 is 0 Å². The van der Waals surface area contributed by atoms with Crippen LogP contribution in [0.15, 0.2) is 47.5 Å². The largest absolute Gasteiger partial charge is 0.385 e. The lowest BCUT2D eigenvalue weighted by Gasteiger charge is -2.35. The van der Waals surface area contributed by atoms with E-state index in [1.165, 1.54) is 22.2 Å². The third kappa shape index (κ3) is 3.50. The van der Waals surface area contributed by atoms with E-state index < -0.39 is 0 Å². The number of rotatable bonds is 3. The summed E-state index contributed by atoms with van der Waals surface area (Å²) < 4.78 is 20.4. The molecule has 3 heterocycles. The van der Waals surface area contributed by atoms with Crippen LogP contribution in [0.2, 0.25) is 0 Å². The predicted octanol–water partition coefficient (Wildman–Crippen LogP) is 4.49. The highest BCUT2D eigenvalue weighted by molar-refractivity contribution is 7.23. The molecule has 0 spiro atoms. The zero-order valence-corrected chi connectivity index (χ0v) is 17.1. The predicted molar refractivity (Wildman–Crippen MR) is 118 cm³/mol. The first-order chi connectivity index (χ1) is 14.2. The fourth-order valence-corrected chi connectivity index (χ4v) is 5.16. The van der Waals surface area contributed by atoms with Gasteiger partial charge in [0.1, 0.15) is 16.7 Å². The lowest BCUT2D eigenvalue weighted by atomic mass is 10.1. The van der Waals surface area contributed by atoms with Crippen LogP contribution in [0, 0.1) is 5.82 Å². The number of nitrogens with one attached hydrogen (secondary N) is 2. The molecule has 0 amide bonds. The standard InChI is InChI=1S/C22H23FN4OS/c1-28-11-8-15-13-27(10-9-24-15)21-20-16-4-2-3-5-19(16)29-22(20)26-18-12-14(23)6-7-17(18)25-21/h2-7,12,15,24,26H,8-11,13H2,1H3/t15-/m0/s1. The molecule has 1 fully saturated rings. The van der Waals surface area contributed by atoms with Crippen LogP contribution < -0.4 is 10.6 Å². The quantitative estimate of drug-likeness (QED) is 0.668. The van der Waals surface area contributed by atoms with Crippen molar-refractivity contribution in [3.05, 3.63) is 53.8 Å². The number of anilines is 2. The van der Waals surface area contributed by atoms with E-state index in [0.717, 1.165) is 54.7 Å². The van der Waals surface area contributed by atoms with Crippen LogP contribution in [0.5, 0.6) is 0 Å². The maximum Gasteiger partial charge on any atom is 0.140 e. The summed E-state index contributed by atoms with van der Waals surface area (Å²) in [5.41, 5.74) is 2.58. The van der Waals surface area contributed by atoms with Crippen LogP contribution in [0.3, 0.4) is 0 Å². The molecule has 0 unspecified atom stereocenters. The average molecular weight is 411 g/mol. The lowest BCUT2D eigenvalue weighted by Crippen LogP contribution is -2.53. The number of benzene rings is 2. The Morgan fingerprint density at radius 1 is 1.28 bits per heavy atom. The van der Waals surface area contributed by atoms with Gasteiger partial charge in [0.15, 0.2) is 0 Å². The van der Waals surface area contributed by atoms with Gasteiger partial charge in [-0.1, -0.05) is 18.2 Å². The van der Waals surface area contributed by atoms with Crippen molar-refractivity contribution in [1.82, 2.24) is 10.2 Å². The van der Waals surface area contributed by atoms with Crippen molar-refractivity contribution in [3.63, 3.8) is 0 Å². The number of ether oxygens (including phenoxy) is 1. The van der Waals surface area contributed by atoms with Crippen LogP contribution >= 0.6 is 11.3 Å². The van der Waals surface area contributed by atoms with Gasteiger partial charge in [0.2, 0.25) is 0 Å². The molecule has 7 heteroatoms. The fraction of sp³-hybridized carbons (Fsp3) is 0.318. The van der Waals surface area contributed by atoms with Gasteiger partial charge < -0.3 is 20.3 Å². The number of methoxy groups -OCH3 is 1. The van der Waals surface area contributed by atoms with Gasteiger partial charge in [-0.3, -0.25) is 0 Å². The van der Waals surface area contributed by atoms with Gasteiger partial charge in [0.25, 0.3) is 0 Å². The maximum absolute atomic E-state index is 13.9. The highest BCUT2D eigenvalue weighted by Gasteiger charge is 2.29. The normalized spacial score (nSPS) is 18.6. The van der Waals surface area contributed by atoms with Gasteiger partial charge in [0, 0.05) is 49.5 Å². The zero-order chi connectivity index (χ0) is 19.8. The Morgan fingerprint density at radius 2 is 2.17 bits per heavy atom. The minimum absolute atomic E-state index is 0.264. The van der Waals surface area contributed by atoms with Crippen LogP contribution in [0.4, 0.5) is 20.8 Å². The van der Waals surface area contributed by atoms with Gasteiger partial charge in [-0.25, -0.2) is 9.38 Å². The highest BCUT2D eigenvalue weighted by Crippen LogP contribution is 2.43. The Hall–Kier alpha value is -2.48. The summed E-state index contributed by atoms with van der Waals surface area (Å²) >= 11 is 1.69. The van der Waals surface area contributed by atoms with E-state index in [4.69, 9.17) is 9.73 Å². The molecule has 3 aromatic rings. The SMILES string of the molecule is COCC[C@H]1CN(C2=Nc3ccc(F)cc3Nc3sc4ccccc4c32)CCN1. The van der Waals surface area contributed by atoms with E-state index in [0.29, 0.717) is 11.7 Å². The highest BCUT2D eigenvalue weighted by atomic mass is 32.1. The average Bonchev–Trinajstić information content (AvgIpc) is 3.01. The van der Waals surface area contributed by atoms with Gasteiger partial charge in [0.05, 0.1) is 16.9 Å². The molecule has 1 atom stereocenters. The van der Waals surface area contributed by atoms with Crippen molar-refractivity contribution < 1.29 is 9.13 Å². The van der Waals surface area contributed by atoms with Crippen LogP contribution in [0.25, 0.3) is 10.1 Å². The van der Waals surface area contributed by atoms with E-state index in [2.05, 4.69) is 33.7 Å². The van der Waals surface area contributed by atoms with Crippen molar-refractivity contribution in [2.24, 2.45) is 4.99 Å². The minimum atomic E-state index is -0.264. The number of fused-ring (bicyclic) bond motifs is 4. The molecule has 0 radical (unpaired) electrons. The maximum atomic E-state index is 13.9. The first-order valence-electron chi connectivity index (χ1n) is 9.87. The number of amidine groups is 1. The Kier molecular flexibility index (Phi) is 4.95. The summed E-state index contributed by atoms with van der Waals surface area (Å²) in [7, 11) is 1.74. The van der Waals surface area contributed by atoms with Crippen molar-refractivity contribution in [2.75, 3.05) is 38.7 Å². The monoisotopic (exact) mass is 410 g/mol.